The number of amides is 2. The van der Waals surface area contributed by atoms with E-state index < -0.39 is 31.5 Å². The fourth-order valence-electron chi connectivity index (χ4n) is 3.45. The van der Waals surface area contributed by atoms with Crippen LogP contribution in [-0.4, -0.2) is 40.6 Å². The van der Waals surface area contributed by atoms with Crippen LogP contribution < -0.4 is 15.4 Å². The van der Waals surface area contributed by atoms with Gasteiger partial charge in [0.25, 0.3) is 0 Å². The number of carbonyl (C=O) groups is 1. The zero-order chi connectivity index (χ0) is 27.4. The van der Waals surface area contributed by atoms with Gasteiger partial charge in [-0.25, -0.2) is 23.2 Å². The van der Waals surface area contributed by atoms with E-state index in [0.29, 0.717) is 34.1 Å². The van der Waals surface area contributed by atoms with E-state index in [1.807, 2.05) is 0 Å². The second-order valence-corrected chi connectivity index (χ2v) is 15.8. The molecule has 1 aromatic carbocycles. The number of nitrogens with zero attached hydrogens (tertiary/aromatic N) is 4. The van der Waals surface area contributed by atoms with Crippen LogP contribution in [0.4, 0.5) is 19.3 Å². The summed E-state index contributed by atoms with van der Waals surface area (Å²) in [7, 11) is -1.24. The number of anilines is 1. The van der Waals surface area contributed by atoms with Crippen LogP contribution in [0.2, 0.25) is 30.7 Å². The highest BCUT2D eigenvalue weighted by atomic mass is 35.5. The molecule has 0 saturated heterocycles. The third-order valence-electron chi connectivity index (χ3n) is 5.53. The van der Waals surface area contributed by atoms with Crippen molar-refractivity contribution in [1.29, 1.82) is 0 Å². The number of nitrogens with one attached hydrogen (secondary N) is 2. The van der Waals surface area contributed by atoms with Crippen molar-refractivity contribution < 1.29 is 27.7 Å². The number of hydrogen-bond donors (Lipinski definition) is 2. The molecule has 0 fully saturated rings. The fraction of sp³-hybridized carbons (Fsp3) is 0.333. The van der Waals surface area contributed by atoms with Crippen molar-refractivity contribution in [1.82, 2.24) is 25.2 Å². The molecule has 10 nitrogen and oxygen atoms in total. The Morgan fingerprint density at radius 2 is 1.95 bits per heavy atom. The van der Waals surface area contributed by atoms with Gasteiger partial charge >= 0.3 is 6.03 Å². The van der Waals surface area contributed by atoms with Gasteiger partial charge < -0.3 is 24.7 Å². The Labute approximate surface area is 223 Å². The number of aromatic nitrogens is 4. The van der Waals surface area contributed by atoms with E-state index in [2.05, 4.69) is 50.2 Å². The Morgan fingerprint density at radius 3 is 2.61 bits per heavy atom. The summed E-state index contributed by atoms with van der Waals surface area (Å²) in [6.07, 6.45) is 3.09. The molecule has 0 aliphatic rings. The number of rotatable bonds is 10. The lowest BCUT2D eigenvalue weighted by molar-refractivity contribution is 0.0899. The Kier molecular flexibility index (Phi) is 8.28. The number of pyridine rings is 1. The van der Waals surface area contributed by atoms with Crippen molar-refractivity contribution in [3.05, 3.63) is 58.6 Å². The van der Waals surface area contributed by atoms with Crippen molar-refractivity contribution in [3.63, 3.8) is 0 Å². The number of benzene rings is 1. The number of hydrogen-bond acceptors (Lipinski definition) is 7. The molecular weight excluding hydrogens is 538 g/mol. The summed E-state index contributed by atoms with van der Waals surface area (Å²) in [6.45, 7) is 9.30. The predicted molar refractivity (Wildman–Crippen MR) is 140 cm³/mol. The summed E-state index contributed by atoms with van der Waals surface area (Å²) in [5, 5.41) is 12.8. The summed E-state index contributed by atoms with van der Waals surface area (Å²) in [5.41, 5.74) is 1.28. The SMILES string of the molecule is Cc1nonc1CNC(=O)Nc1cc(F)c(Oc2ccnc3c2c(Cl)cn3COCC[Si](C)(C)C)c(F)c1. The van der Waals surface area contributed by atoms with Crippen molar-refractivity contribution >= 4 is 42.4 Å². The number of urea groups is 1. The normalized spacial score (nSPS) is 11.7. The molecule has 0 aliphatic carbocycles. The number of fused-ring (bicyclic) bond motifs is 1. The molecule has 3 aromatic heterocycles. The topological polar surface area (TPSA) is 116 Å². The highest BCUT2D eigenvalue weighted by Crippen LogP contribution is 2.37. The van der Waals surface area contributed by atoms with Gasteiger partial charge in [0.15, 0.2) is 17.4 Å². The van der Waals surface area contributed by atoms with Gasteiger partial charge in [-0.05, 0) is 19.0 Å². The van der Waals surface area contributed by atoms with Gasteiger partial charge in [-0.15, -0.1) is 0 Å². The molecule has 0 radical (unpaired) electrons. The molecule has 38 heavy (non-hydrogen) atoms. The Hall–Kier alpha value is -3.55. The Morgan fingerprint density at radius 1 is 1.21 bits per heavy atom. The molecular formula is C24H27ClF2N6O4Si. The molecule has 0 atom stereocenters. The van der Waals surface area contributed by atoms with E-state index in [0.717, 1.165) is 18.2 Å². The van der Waals surface area contributed by atoms with Crippen LogP contribution in [-0.2, 0) is 18.0 Å². The third kappa shape index (κ3) is 6.65. The van der Waals surface area contributed by atoms with E-state index in [4.69, 9.17) is 21.1 Å². The van der Waals surface area contributed by atoms with Crippen LogP contribution >= 0.6 is 11.6 Å². The maximum Gasteiger partial charge on any atom is 0.319 e. The van der Waals surface area contributed by atoms with Crippen LogP contribution in [0.5, 0.6) is 11.5 Å². The van der Waals surface area contributed by atoms with Gasteiger partial charge in [0, 0.05) is 44.9 Å². The van der Waals surface area contributed by atoms with Gasteiger partial charge in [-0.3, -0.25) is 0 Å². The first-order valence-corrected chi connectivity index (χ1v) is 15.8. The maximum atomic E-state index is 14.9. The quantitative estimate of drug-likeness (QED) is 0.177. The zero-order valence-electron chi connectivity index (χ0n) is 21.3. The lowest BCUT2D eigenvalue weighted by Gasteiger charge is -2.15. The lowest BCUT2D eigenvalue weighted by Crippen LogP contribution is -2.28. The molecule has 14 heteroatoms. The standard InChI is InChI=1S/C24H27ClF2N6O4Si/c1-14-19(32-37-31-14)11-29-24(34)30-15-9-17(26)22(18(27)10-15)36-20-5-6-28-23-21(20)16(25)12-33(23)13-35-7-8-38(2,3)4/h5-6,9-10,12H,7-8,11,13H2,1-4H3,(H2,29,30,34). The minimum absolute atomic E-state index is 0.0229. The molecule has 2 amide bonds. The first kappa shape index (κ1) is 27.5. The number of ether oxygens (including phenoxy) is 2. The molecule has 3 heterocycles. The van der Waals surface area contributed by atoms with Crippen molar-refractivity contribution in [2.45, 2.75) is 45.9 Å². The average Bonchev–Trinajstić information content (AvgIpc) is 3.40. The van der Waals surface area contributed by atoms with Crippen LogP contribution in [0.25, 0.3) is 11.0 Å². The predicted octanol–water partition coefficient (Wildman–Crippen LogP) is 6.09. The number of halogens is 3. The molecule has 4 aromatic rings. The zero-order valence-corrected chi connectivity index (χ0v) is 23.0. The molecule has 0 spiro atoms. The van der Waals surface area contributed by atoms with Gasteiger partial charge in [0.2, 0.25) is 0 Å². The first-order chi connectivity index (χ1) is 18.0. The van der Waals surface area contributed by atoms with Gasteiger partial charge in [0.05, 0.1) is 17.0 Å². The van der Waals surface area contributed by atoms with E-state index in [1.165, 1.54) is 12.3 Å². The molecule has 0 saturated carbocycles. The second-order valence-electron chi connectivity index (χ2n) is 9.78. The molecule has 4 rings (SSSR count). The smallest absolute Gasteiger partial charge is 0.319 e. The van der Waals surface area contributed by atoms with E-state index in [-0.39, 0.29) is 24.7 Å². The van der Waals surface area contributed by atoms with Gasteiger partial charge in [-0.1, -0.05) is 41.6 Å². The van der Waals surface area contributed by atoms with Gasteiger partial charge in [0.1, 0.15) is 29.5 Å². The van der Waals surface area contributed by atoms with E-state index in [9.17, 15) is 13.6 Å². The number of carbonyl (C=O) groups excluding carboxylic acids is 1. The summed E-state index contributed by atoms with van der Waals surface area (Å²) >= 11 is 6.43. The van der Waals surface area contributed by atoms with E-state index >= 15 is 0 Å². The van der Waals surface area contributed by atoms with Crippen LogP contribution in [0.15, 0.2) is 35.2 Å². The minimum Gasteiger partial charge on any atom is -0.450 e. The summed E-state index contributed by atoms with van der Waals surface area (Å²) in [4.78, 5) is 16.5. The molecule has 2 N–H and O–H groups in total. The highest BCUT2D eigenvalue weighted by Gasteiger charge is 2.20. The first-order valence-electron chi connectivity index (χ1n) is 11.7. The number of aryl methyl sites for hydroxylation is 1. The molecule has 0 unspecified atom stereocenters. The summed E-state index contributed by atoms with van der Waals surface area (Å²) in [5.74, 6) is -2.57. The van der Waals surface area contributed by atoms with Crippen LogP contribution in [0.3, 0.4) is 0 Å². The maximum absolute atomic E-state index is 14.9. The highest BCUT2D eigenvalue weighted by molar-refractivity contribution is 6.76. The third-order valence-corrected chi connectivity index (χ3v) is 7.52. The summed E-state index contributed by atoms with van der Waals surface area (Å²) < 4.78 is 47.4. The lowest BCUT2D eigenvalue weighted by atomic mass is 10.2. The van der Waals surface area contributed by atoms with Crippen molar-refractivity contribution in [2.24, 2.45) is 0 Å². The Balaban J connectivity index is 1.46. The van der Waals surface area contributed by atoms with Crippen LogP contribution in [0.1, 0.15) is 11.4 Å². The van der Waals surface area contributed by atoms with E-state index in [1.54, 1.807) is 17.7 Å². The average molecular weight is 565 g/mol. The molecule has 0 bridgehead atoms. The second kappa shape index (κ2) is 11.5. The van der Waals surface area contributed by atoms with Crippen LogP contribution in [0, 0.1) is 18.6 Å². The Bertz CT molecular complexity index is 1430. The molecule has 202 valence electrons. The monoisotopic (exact) mass is 564 g/mol. The van der Waals surface area contributed by atoms with Crippen molar-refractivity contribution in [3.8, 4) is 11.5 Å². The molecule has 0 aliphatic heterocycles. The largest absolute Gasteiger partial charge is 0.450 e. The van der Waals surface area contributed by atoms with Crippen molar-refractivity contribution in [2.75, 3.05) is 11.9 Å². The van der Waals surface area contributed by atoms with Gasteiger partial charge in [-0.2, -0.15) is 0 Å². The summed E-state index contributed by atoms with van der Waals surface area (Å²) in [6, 6.07) is 3.66. The fourth-order valence-corrected chi connectivity index (χ4v) is 4.50. The minimum atomic E-state index is -1.24.